The molecule has 0 spiro atoms. The molecule has 0 fully saturated rings. The Morgan fingerprint density at radius 2 is 1.02 bits per heavy atom. The number of nitrogens with two attached hydrogens (primary N) is 3. The molecule has 40 nitrogen and oxygen atoms in total. The van der Waals surface area contributed by atoms with Crippen LogP contribution in [0.1, 0.15) is 151 Å². The number of nitro groups is 1. The minimum atomic E-state index is -1.11. The van der Waals surface area contributed by atoms with Crippen molar-refractivity contribution in [3.63, 3.8) is 0 Å². The molecule has 1 atom stereocenters. The number of halogens is 5. The number of aliphatic hydroxyl groups is 1. The van der Waals surface area contributed by atoms with Gasteiger partial charge < -0.3 is 68.5 Å². The lowest BCUT2D eigenvalue weighted by Gasteiger charge is -2.23. The summed E-state index contributed by atoms with van der Waals surface area (Å²) in [5.74, 6) is 3.12. The van der Waals surface area contributed by atoms with Gasteiger partial charge in [0.1, 0.15) is 23.1 Å². The van der Waals surface area contributed by atoms with Crippen LogP contribution in [-0.4, -0.2) is 165 Å². The number of methoxy groups -OCH3 is 4. The number of amides is 3. The van der Waals surface area contributed by atoms with Gasteiger partial charge in [0.2, 0.25) is 5.43 Å². The normalized spacial score (nSPS) is 10.8. The van der Waals surface area contributed by atoms with Crippen molar-refractivity contribution in [2.24, 2.45) is 11.7 Å². The lowest BCUT2D eigenvalue weighted by Crippen LogP contribution is -2.36. The molecule has 15 N–H and O–H groups in total. The SMILES string of the molecule is C.C.CCOC(=O)C(=CNc1cc(C(=O)OC)ccc1Cl)C(=O)OCC.CCOC(=O)c1c[nH]c2c(Cl)ccc(C(=O)OC)c2c1=O.CCOC=C(C(=O)OCC)C(=O)OCC.COC(=O)c1ccc(Cl)c(N)c1.COC(=O)c1ccc(Cl)c([N+](=O)[O-])c1.NNC(=O)c1cnc2cccc3c2c1NNC3=O.NNC(O)c1cnc2c(Cl)ccc3c2c1NNC3=O. The van der Waals surface area contributed by atoms with E-state index in [-0.39, 0.29) is 130 Å². The summed E-state index contributed by atoms with van der Waals surface area (Å²) in [6.45, 7) is 11.0. The number of hydrogen-bond donors (Lipinski definition) is 12. The fourth-order valence-electron chi connectivity index (χ4n) is 10.1. The van der Waals surface area contributed by atoms with Gasteiger partial charge >= 0.3 is 53.7 Å². The summed E-state index contributed by atoms with van der Waals surface area (Å²) in [5, 5.41) is 25.5. The topological polar surface area (TPSA) is 581 Å². The second kappa shape index (κ2) is 51.8. The number of nitrogen functional groups attached to an aromatic ring is 2. The molecule has 6 aromatic carbocycles. The number of hydrazine groups is 4. The molecule has 45 heteroatoms. The van der Waals surface area contributed by atoms with Crippen LogP contribution >= 0.6 is 58.0 Å². The van der Waals surface area contributed by atoms with Crippen LogP contribution in [0.4, 0.5) is 28.4 Å². The Morgan fingerprint density at radius 3 is 1.54 bits per heavy atom. The van der Waals surface area contributed by atoms with Gasteiger partial charge in [-0.1, -0.05) is 78.9 Å². The summed E-state index contributed by atoms with van der Waals surface area (Å²) in [4.78, 5) is 172. The van der Waals surface area contributed by atoms with Crippen LogP contribution in [0.2, 0.25) is 25.1 Å². The molecule has 11 rings (SSSR count). The van der Waals surface area contributed by atoms with E-state index in [1.807, 2.05) is 5.43 Å². The first-order chi connectivity index (χ1) is 58.7. The maximum atomic E-state index is 12.5. The minimum Gasteiger partial charge on any atom is -0.500 e. The number of anilines is 4. The van der Waals surface area contributed by atoms with E-state index in [0.29, 0.717) is 83.5 Å². The third kappa shape index (κ3) is 28.1. The van der Waals surface area contributed by atoms with E-state index >= 15 is 0 Å². The number of rotatable bonds is 22. The lowest BCUT2D eigenvalue weighted by molar-refractivity contribution is -0.384. The Bertz CT molecular complexity index is 5580. The Morgan fingerprint density at radius 1 is 0.528 bits per heavy atom. The van der Waals surface area contributed by atoms with Gasteiger partial charge in [-0.3, -0.25) is 72.2 Å². The van der Waals surface area contributed by atoms with Crippen molar-refractivity contribution >= 4 is 191 Å². The molecule has 668 valence electrons. The zero-order valence-electron chi connectivity index (χ0n) is 66.6. The predicted octanol–water partition coefficient (Wildman–Crippen LogP) is 11.1. The average molecular weight is 1840 g/mol. The van der Waals surface area contributed by atoms with Crippen molar-refractivity contribution in [2.75, 3.05) is 90.0 Å². The standard InChI is InChI=1S/C16H18ClNO6.C14H12ClNO5.C11H10ClN5O2.C11H9N5O2.C10H16O5.C8H6ClNO4.C8H8ClNO2.2CH4/c1-4-23-15(20)11(16(21)24-5-2)9-18-13-8-10(14(19)22-3)6-7-12(13)17;1-3-21-14(19)8-6-16-11-9(15)5-4-7(13(18)20-2)10(11)12(8)17;12-6-2-1-4-7-8(16-17-11(4)19)5(10(18)15-13)3-14-9(6)7;12-14-10(17)6-4-13-7-3-1-2-5-8(7)9(6)15-16-11(5)18;1-4-13-7-8(9(11)14-5-2)10(12)15-6-3;1-14-8(11)5-2-3-6(9)7(4-5)10(12)13;1-12-8(11)5-2-3-6(9)7(10)4-5;;/h6-9,18H,4-5H2,1-3H3;4-6H,3H2,1-2H3,(H,16,17);1-3,10,15-16,18H,13H2,(H,17,19);1-4,15H,12H2,(H,14,17)(H,16,18);7H,4-6H2,1-3H3;2-4H,1H3;2-4H,10H2,1H3;2*1H4. The molecule has 0 radical (unpaired) electrons. The number of esters is 9. The molecule has 0 saturated heterocycles. The number of carbonyl (C=O) groups is 12. The third-order valence-electron chi connectivity index (χ3n) is 15.8. The Kier molecular flexibility index (Phi) is 43.7. The first-order valence-corrected chi connectivity index (χ1v) is 37.5. The molecule has 3 amide bonds. The minimum absolute atomic E-state index is 0. The number of nitro benzene ring substituents is 1. The van der Waals surface area contributed by atoms with Crippen molar-refractivity contribution in [3.05, 3.63) is 235 Å². The zero-order chi connectivity index (χ0) is 91.5. The number of aromatic amines is 1. The largest absolute Gasteiger partial charge is 0.500 e. The molecular weight excluding hydrogens is 1750 g/mol. The third-order valence-corrected chi connectivity index (χ3v) is 17.4. The van der Waals surface area contributed by atoms with Gasteiger partial charge in [-0.25, -0.2) is 54.4 Å². The number of nitrogens with one attached hydrogen (secondary N) is 8. The number of ether oxygens (including phenoxy) is 10. The summed E-state index contributed by atoms with van der Waals surface area (Å²) in [6, 6.07) is 24.0. The molecule has 0 bridgehead atoms. The summed E-state index contributed by atoms with van der Waals surface area (Å²) < 4.78 is 46.8. The van der Waals surface area contributed by atoms with Crippen molar-refractivity contribution in [1.82, 2.24) is 36.7 Å². The van der Waals surface area contributed by atoms with Crippen LogP contribution < -0.4 is 60.7 Å². The van der Waals surface area contributed by atoms with E-state index in [0.717, 1.165) is 18.5 Å². The van der Waals surface area contributed by atoms with Crippen LogP contribution in [0.25, 0.3) is 32.7 Å². The zero-order valence-corrected chi connectivity index (χ0v) is 70.3. The van der Waals surface area contributed by atoms with E-state index in [1.165, 1.54) is 95.6 Å². The first-order valence-electron chi connectivity index (χ1n) is 35.6. The highest BCUT2D eigenvalue weighted by Crippen LogP contribution is 2.37. The highest BCUT2D eigenvalue weighted by Gasteiger charge is 2.29. The van der Waals surface area contributed by atoms with E-state index in [1.54, 1.807) is 84.0 Å². The Labute approximate surface area is 737 Å². The molecule has 0 saturated carbocycles. The van der Waals surface area contributed by atoms with E-state index < -0.39 is 76.2 Å². The van der Waals surface area contributed by atoms with Crippen LogP contribution in [-0.2, 0) is 66.5 Å². The number of nitrogens with zero attached hydrogens (tertiary/aromatic N) is 3. The number of aromatic nitrogens is 3. The fourth-order valence-corrected chi connectivity index (χ4v) is 11.0. The van der Waals surface area contributed by atoms with Crippen LogP contribution in [0.3, 0.4) is 0 Å². The fraction of sp³-hybridized carbons (Fsp3) is 0.237. The molecule has 3 aromatic heterocycles. The van der Waals surface area contributed by atoms with E-state index in [9.17, 15) is 77.5 Å². The van der Waals surface area contributed by atoms with Crippen LogP contribution in [0.15, 0.2) is 144 Å². The first kappa shape index (κ1) is 105. The second-order valence-electron chi connectivity index (χ2n) is 23.3. The molecule has 125 heavy (non-hydrogen) atoms. The summed E-state index contributed by atoms with van der Waals surface area (Å²) in [7, 11) is 4.96. The second-order valence-corrected chi connectivity index (χ2v) is 25.4. The quantitative estimate of drug-likeness (QED) is 0.00244. The van der Waals surface area contributed by atoms with Crippen molar-refractivity contribution in [1.29, 1.82) is 0 Å². The molecular formula is C80H87Cl5N14O26. The molecule has 9 aromatic rings. The number of carbonyl (C=O) groups excluding carboxylic acids is 12. The number of aliphatic hydroxyl groups excluding tert-OH is 1. The smallest absolute Gasteiger partial charge is 0.348 e. The van der Waals surface area contributed by atoms with E-state index in [2.05, 4.69) is 75.8 Å². The molecule has 5 heterocycles. The number of H-pyrrole nitrogens is 1. The van der Waals surface area contributed by atoms with Crippen molar-refractivity contribution in [3.8, 4) is 0 Å². The maximum absolute atomic E-state index is 12.5. The van der Waals surface area contributed by atoms with Crippen molar-refractivity contribution in [2.45, 2.75) is 62.6 Å². The van der Waals surface area contributed by atoms with Gasteiger partial charge in [0.05, 0.1) is 177 Å². The summed E-state index contributed by atoms with van der Waals surface area (Å²) in [5.41, 5.74) is 24.0. The molecule has 0 aliphatic carbocycles. The number of fused-ring (bicyclic) bond motifs is 1. The average Bonchev–Trinajstić information content (AvgIpc) is 0.757. The molecule has 1 unspecified atom stereocenters. The van der Waals surface area contributed by atoms with Crippen LogP contribution in [0, 0.1) is 10.1 Å². The maximum Gasteiger partial charge on any atom is 0.348 e. The predicted molar refractivity (Wildman–Crippen MR) is 462 cm³/mol. The number of hydrogen-bond acceptors (Lipinski definition) is 35. The monoisotopic (exact) mass is 1830 g/mol. The molecule has 2 aliphatic heterocycles. The Balaban J connectivity index is 0.000000379. The highest BCUT2D eigenvalue weighted by atomic mass is 35.5. The van der Waals surface area contributed by atoms with Crippen LogP contribution in [0.5, 0.6) is 0 Å². The summed E-state index contributed by atoms with van der Waals surface area (Å²) in [6.07, 6.45) is 5.15. The Hall–Kier alpha value is -13.8. The number of pyridine rings is 3. The van der Waals surface area contributed by atoms with Gasteiger partial charge in [0.25, 0.3) is 23.4 Å². The van der Waals surface area contributed by atoms with Gasteiger partial charge in [-0.05, 0) is 126 Å². The number of benzene rings is 6. The van der Waals surface area contributed by atoms with Crippen molar-refractivity contribution < 1.29 is 115 Å². The van der Waals surface area contributed by atoms with Gasteiger partial charge in [0, 0.05) is 47.2 Å². The van der Waals surface area contributed by atoms with E-state index in [4.69, 9.17) is 94.4 Å². The van der Waals surface area contributed by atoms with Gasteiger partial charge in [-0.2, -0.15) is 0 Å². The lowest BCUT2D eigenvalue weighted by atomic mass is 10.0. The van der Waals surface area contributed by atoms with Gasteiger partial charge in [0.15, 0.2) is 11.1 Å². The molecule has 2 aliphatic rings. The van der Waals surface area contributed by atoms with Gasteiger partial charge in [-0.15, -0.1) is 0 Å². The summed E-state index contributed by atoms with van der Waals surface area (Å²) >= 11 is 29.3. The highest BCUT2D eigenvalue weighted by molar-refractivity contribution is 6.37.